The summed E-state index contributed by atoms with van der Waals surface area (Å²) in [6.45, 7) is 0. The molecular weight excluding hydrogens is 384 g/mol. The maximum atomic E-state index is 13.1. The first-order chi connectivity index (χ1) is 15.1. The first-order valence-electron chi connectivity index (χ1n) is 10.8. The van der Waals surface area contributed by atoms with Crippen molar-refractivity contribution in [1.29, 1.82) is 0 Å². The third-order valence-corrected chi connectivity index (χ3v) is 6.98. The summed E-state index contributed by atoms with van der Waals surface area (Å²) in [7, 11) is 0. The molecule has 0 aliphatic heterocycles. The lowest BCUT2D eigenvalue weighted by Crippen LogP contribution is -2.46. The number of carbonyl (C=O) groups excluding carboxylic acids is 1. The van der Waals surface area contributed by atoms with E-state index in [2.05, 4.69) is 24.3 Å². The number of rotatable bonds is 3. The highest BCUT2D eigenvalue weighted by Crippen LogP contribution is 2.54. The number of carboxylic acids is 1. The zero-order valence-corrected chi connectivity index (χ0v) is 17.3. The van der Waals surface area contributed by atoms with E-state index in [1.54, 1.807) is 6.07 Å². The number of benzene rings is 3. The van der Waals surface area contributed by atoms with Crippen molar-refractivity contribution >= 4 is 17.8 Å². The highest BCUT2D eigenvalue weighted by atomic mass is 16.4. The molecule has 0 spiro atoms. The first-order valence-corrected chi connectivity index (χ1v) is 10.8. The number of hydrogen-bond donors (Lipinski definition) is 1. The third kappa shape index (κ3) is 3.31. The van der Waals surface area contributed by atoms with Gasteiger partial charge in [0, 0.05) is 11.8 Å². The SMILES string of the molecule is O=C1C[C@@H]2CCc3cc(C(=O)O)ccc3C2(c2ccccc2)C/C1=C\c1ccccc1. The van der Waals surface area contributed by atoms with Crippen LogP contribution in [0.15, 0.2) is 84.4 Å². The number of aryl methyl sites for hydroxylation is 1. The number of allylic oxidation sites excluding steroid dienone is 1. The number of hydrogen-bond acceptors (Lipinski definition) is 2. The van der Waals surface area contributed by atoms with E-state index in [1.165, 1.54) is 11.1 Å². The molecule has 0 bridgehead atoms. The van der Waals surface area contributed by atoms with Crippen LogP contribution in [0.3, 0.4) is 0 Å². The van der Waals surface area contributed by atoms with Gasteiger partial charge in [-0.15, -0.1) is 0 Å². The van der Waals surface area contributed by atoms with Crippen molar-refractivity contribution in [1.82, 2.24) is 0 Å². The average molecular weight is 408 g/mol. The largest absolute Gasteiger partial charge is 0.478 e. The fraction of sp³-hybridized carbons (Fsp3) is 0.214. The molecule has 0 aromatic heterocycles. The number of aromatic carboxylic acids is 1. The molecule has 3 aromatic carbocycles. The number of carbonyl (C=O) groups is 2. The van der Waals surface area contributed by atoms with Crippen molar-refractivity contribution in [2.24, 2.45) is 5.92 Å². The number of carboxylic acid groups (broad SMARTS) is 1. The molecule has 154 valence electrons. The van der Waals surface area contributed by atoms with E-state index in [4.69, 9.17) is 0 Å². The van der Waals surface area contributed by atoms with Crippen LogP contribution in [0.1, 0.15) is 51.9 Å². The molecule has 1 fully saturated rings. The van der Waals surface area contributed by atoms with E-state index in [-0.39, 0.29) is 17.1 Å². The summed E-state index contributed by atoms with van der Waals surface area (Å²) in [5, 5.41) is 9.49. The van der Waals surface area contributed by atoms with Gasteiger partial charge >= 0.3 is 5.97 Å². The predicted molar refractivity (Wildman–Crippen MR) is 121 cm³/mol. The topological polar surface area (TPSA) is 54.4 Å². The van der Waals surface area contributed by atoms with E-state index in [9.17, 15) is 14.7 Å². The zero-order valence-electron chi connectivity index (χ0n) is 17.3. The zero-order chi connectivity index (χ0) is 21.4. The molecule has 3 nitrogen and oxygen atoms in total. The maximum Gasteiger partial charge on any atom is 0.335 e. The summed E-state index contributed by atoms with van der Waals surface area (Å²) >= 11 is 0. The minimum absolute atomic E-state index is 0.207. The van der Waals surface area contributed by atoms with Crippen molar-refractivity contribution in [3.63, 3.8) is 0 Å². The molecule has 0 saturated heterocycles. The molecule has 2 atom stereocenters. The standard InChI is InChI=1S/C28H24O3/c29-26-17-24-13-11-20-16-21(27(30)31)12-14-25(20)28(24,23-9-5-2-6-10-23)18-22(26)15-19-7-3-1-4-8-19/h1-10,12,14-16,24H,11,13,17-18H2,(H,30,31)/b22-15+/t24-,28?/m0/s1. The van der Waals surface area contributed by atoms with Crippen LogP contribution in [0, 0.1) is 5.92 Å². The van der Waals surface area contributed by atoms with E-state index < -0.39 is 5.97 Å². The third-order valence-electron chi connectivity index (χ3n) is 6.98. The van der Waals surface area contributed by atoms with Gasteiger partial charge in [0.2, 0.25) is 0 Å². The van der Waals surface area contributed by atoms with Gasteiger partial charge in [-0.3, -0.25) is 4.79 Å². The van der Waals surface area contributed by atoms with Gasteiger partial charge in [-0.2, -0.15) is 0 Å². The number of fused-ring (bicyclic) bond motifs is 3. The monoisotopic (exact) mass is 408 g/mol. The Morgan fingerprint density at radius 2 is 1.68 bits per heavy atom. The van der Waals surface area contributed by atoms with Crippen LogP contribution in [0.4, 0.5) is 0 Å². The van der Waals surface area contributed by atoms with E-state index >= 15 is 0 Å². The Morgan fingerprint density at radius 3 is 2.39 bits per heavy atom. The molecule has 0 heterocycles. The van der Waals surface area contributed by atoms with Crippen molar-refractivity contribution in [3.05, 3.63) is 112 Å². The Morgan fingerprint density at radius 1 is 0.968 bits per heavy atom. The van der Waals surface area contributed by atoms with Gasteiger partial charge in [-0.1, -0.05) is 66.7 Å². The second-order valence-corrected chi connectivity index (χ2v) is 8.63. The lowest BCUT2D eigenvalue weighted by atomic mass is 9.53. The van der Waals surface area contributed by atoms with Gasteiger partial charge in [-0.05, 0) is 71.2 Å². The molecule has 3 aromatic rings. The number of Topliss-reactive ketones (excluding diaryl/α,β-unsaturated/α-hetero) is 1. The summed E-state index contributed by atoms with van der Waals surface area (Å²) in [4.78, 5) is 24.7. The maximum absolute atomic E-state index is 13.1. The second-order valence-electron chi connectivity index (χ2n) is 8.63. The van der Waals surface area contributed by atoms with Crippen molar-refractivity contribution in [2.45, 2.75) is 31.1 Å². The predicted octanol–water partition coefficient (Wildman–Crippen LogP) is 5.68. The summed E-state index contributed by atoms with van der Waals surface area (Å²) in [6.07, 6.45) is 4.88. The highest BCUT2D eigenvalue weighted by Gasteiger charge is 2.50. The van der Waals surface area contributed by atoms with Crippen LogP contribution >= 0.6 is 0 Å². The molecule has 2 aliphatic carbocycles. The van der Waals surface area contributed by atoms with Gasteiger partial charge in [0.05, 0.1) is 5.56 Å². The van der Waals surface area contributed by atoms with Crippen LogP contribution in [-0.2, 0) is 16.6 Å². The van der Waals surface area contributed by atoms with E-state index in [1.807, 2.05) is 54.6 Å². The van der Waals surface area contributed by atoms with E-state index in [0.717, 1.165) is 29.5 Å². The van der Waals surface area contributed by atoms with Gasteiger partial charge in [0.15, 0.2) is 5.78 Å². The Labute approximate surface area is 182 Å². The van der Waals surface area contributed by atoms with E-state index in [0.29, 0.717) is 18.4 Å². The lowest BCUT2D eigenvalue weighted by molar-refractivity contribution is -0.118. The molecular formula is C28H24O3. The first kappa shape index (κ1) is 19.5. The van der Waals surface area contributed by atoms with Crippen LogP contribution in [0.25, 0.3) is 6.08 Å². The van der Waals surface area contributed by atoms with Gasteiger partial charge in [-0.25, -0.2) is 4.79 Å². The van der Waals surface area contributed by atoms with Gasteiger partial charge in [0.25, 0.3) is 0 Å². The molecule has 2 aliphatic rings. The summed E-state index contributed by atoms with van der Waals surface area (Å²) in [5.41, 5.74) is 5.36. The molecule has 1 unspecified atom stereocenters. The van der Waals surface area contributed by atoms with Gasteiger partial charge < -0.3 is 5.11 Å². The minimum Gasteiger partial charge on any atom is -0.478 e. The Hall–Kier alpha value is -3.46. The quantitative estimate of drug-likeness (QED) is 0.567. The fourth-order valence-electron chi connectivity index (χ4n) is 5.55. The molecule has 0 radical (unpaired) electrons. The average Bonchev–Trinajstić information content (AvgIpc) is 2.80. The Bertz CT molecular complexity index is 1180. The Balaban J connectivity index is 1.70. The van der Waals surface area contributed by atoms with Crippen LogP contribution in [0.5, 0.6) is 0 Å². The summed E-state index contributed by atoms with van der Waals surface area (Å²) < 4.78 is 0. The molecule has 1 saturated carbocycles. The highest BCUT2D eigenvalue weighted by molar-refractivity contribution is 6.01. The molecule has 0 amide bonds. The summed E-state index contributed by atoms with van der Waals surface area (Å²) in [5.74, 6) is -0.466. The molecule has 31 heavy (non-hydrogen) atoms. The molecule has 5 rings (SSSR count). The summed E-state index contributed by atoms with van der Waals surface area (Å²) in [6, 6.07) is 26.0. The van der Waals surface area contributed by atoms with Crippen molar-refractivity contribution < 1.29 is 14.7 Å². The minimum atomic E-state index is -0.901. The van der Waals surface area contributed by atoms with Crippen LogP contribution in [0.2, 0.25) is 0 Å². The fourth-order valence-corrected chi connectivity index (χ4v) is 5.55. The van der Waals surface area contributed by atoms with Gasteiger partial charge in [0.1, 0.15) is 0 Å². The van der Waals surface area contributed by atoms with Crippen molar-refractivity contribution in [3.8, 4) is 0 Å². The Kier molecular flexibility index (Phi) is 4.82. The molecule has 1 N–H and O–H groups in total. The number of ketones is 1. The molecule has 3 heteroatoms. The lowest BCUT2D eigenvalue weighted by Gasteiger charge is -2.49. The van der Waals surface area contributed by atoms with Crippen molar-refractivity contribution in [2.75, 3.05) is 0 Å². The smallest absolute Gasteiger partial charge is 0.335 e. The normalized spacial score (nSPS) is 23.8. The van der Waals surface area contributed by atoms with Crippen LogP contribution in [-0.4, -0.2) is 16.9 Å². The second kappa shape index (κ2) is 7.66. The van der Waals surface area contributed by atoms with Crippen LogP contribution < -0.4 is 0 Å².